The number of esters is 2. The van der Waals surface area contributed by atoms with Gasteiger partial charge in [0.15, 0.2) is 6.10 Å². The highest BCUT2D eigenvalue weighted by atomic mass is 16.6. The van der Waals surface area contributed by atoms with E-state index in [4.69, 9.17) is 9.47 Å². The smallest absolute Gasteiger partial charge is 0.306 e. The summed E-state index contributed by atoms with van der Waals surface area (Å²) >= 11 is 0. The van der Waals surface area contributed by atoms with E-state index in [1.54, 1.807) is 0 Å². The second-order valence-electron chi connectivity index (χ2n) is 11.5. The molecule has 6 nitrogen and oxygen atoms in total. The summed E-state index contributed by atoms with van der Waals surface area (Å²) in [5.41, 5.74) is 0. The number of unbranched alkanes of at least 4 members (excludes halogenated alkanes) is 7. The average Bonchev–Trinajstić information content (AvgIpc) is 2.96. The maximum atomic E-state index is 12.1. The Morgan fingerprint density at radius 2 is 1.24 bits per heavy atom. The summed E-state index contributed by atoms with van der Waals surface area (Å²) in [6, 6.07) is 0. The first-order valence-corrected chi connectivity index (χ1v) is 16.6. The minimum Gasteiger partial charge on any atom is -0.462 e. The molecule has 242 valence electrons. The Hall–Kier alpha value is -2.18. The zero-order chi connectivity index (χ0) is 31.1. The Kier molecular flexibility index (Phi) is 28.7. The summed E-state index contributed by atoms with van der Waals surface area (Å²) < 4.78 is 10.5. The van der Waals surface area contributed by atoms with Gasteiger partial charge in [-0.15, -0.1) is 0 Å². The Bertz CT molecular complexity index is 752. The van der Waals surface area contributed by atoms with Gasteiger partial charge >= 0.3 is 11.9 Å². The maximum absolute atomic E-state index is 12.1. The average molecular weight is 591 g/mol. The molecule has 0 aromatic carbocycles. The van der Waals surface area contributed by atoms with E-state index >= 15 is 0 Å². The van der Waals surface area contributed by atoms with E-state index < -0.39 is 6.10 Å². The molecule has 0 radical (unpaired) electrons. The lowest BCUT2D eigenvalue weighted by molar-refractivity contribution is -0.161. The van der Waals surface area contributed by atoms with Crippen molar-refractivity contribution in [3.8, 4) is 0 Å². The summed E-state index contributed by atoms with van der Waals surface area (Å²) in [5.74, 6) is 0.0979. The van der Waals surface area contributed by atoms with Crippen LogP contribution in [0.1, 0.15) is 136 Å². The first kappa shape index (κ1) is 39.8. The molecule has 1 unspecified atom stereocenters. The molecule has 0 spiro atoms. The highest BCUT2D eigenvalue weighted by molar-refractivity contribution is 5.70. The van der Waals surface area contributed by atoms with Crippen LogP contribution < -0.4 is 0 Å². The van der Waals surface area contributed by atoms with Gasteiger partial charge in [0.1, 0.15) is 6.61 Å². The van der Waals surface area contributed by atoms with E-state index in [9.17, 15) is 19.8 Å². The summed E-state index contributed by atoms with van der Waals surface area (Å²) in [6.45, 7) is 6.14. The molecule has 0 fully saturated rings. The minimum absolute atomic E-state index is 0.0990. The van der Waals surface area contributed by atoms with Gasteiger partial charge in [-0.05, 0) is 57.3 Å². The first-order valence-electron chi connectivity index (χ1n) is 16.6. The molecule has 42 heavy (non-hydrogen) atoms. The van der Waals surface area contributed by atoms with E-state index in [1.807, 2.05) is 6.08 Å². The van der Waals surface area contributed by atoms with Crippen LogP contribution in [0.4, 0.5) is 0 Å². The Morgan fingerprint density at radius 1 is 0.690 bits per heavy atom. The number of aliphatic hydroxyl groups is 2. The molecule has 0 aromatic rings. The van der Waals surface area contributed by atoms with E-state index in [-0.39, 0.29) is 37.7 Å². The van der Waals surface area contributed by atoms with Crippen LogP contribution in [0.25, 0.3) is 0 Å². The third kappa shape index (κ3) is 29.3. The van der Waals surface area contributed by atoms with Crippen molar-refractivity contribution in [2.24, 2.45) is 5.92 Å². The number of hydrogen-bond acceptors (Lipinski definition) is 6. The molecule has 0 amide bonds. The summed E-state index contributed by atoms with van der Waals surface area (Å²) in [4.78, 5) is 24.0. The number of carbonyl (C=O) groups is 2. The van der Waals surface area contributed by atoms with Crippen molar-refractivity contribution in [1.82, 2.24) is 0 Å². The van der Waals surface area contributed by atoms with Crippen LogP contribution in [0.3, 0.4) is 0 Å². The van der Waals surface area contributed by atoms with Gasteiger partial charge in [-0.25, -0.2) is 0 Å². The van der Waals surface area contributed by atoms with Crippen molar-refractivity contribution < 1.29 is 29.3 Å². The molecule has 0 heterocycles. The fourth-order valence-corrected chi connectivity index (χ4v) is 4.33. The summed E-state index contributed by atoms with van der Waals surface area (Å²) in [7, 11) is 0. The molecule has 0 aromatic heterocycles. The van der Waals surface area contributed by atoms with Crippen LogP contribution in [0, 0.1) is 5.92 Å². The van der Waals surface area contributed by atoms with Gasteiger partial charge in [-0.3, -0.25) is 9.59 Å². The molecule has 6 heteroatoms. The van der Waals surface area contributed by atoms with Crippen molar-refractivity contribution in [1.29, 1.82) is 0 Å². The predicted octanol–water partition coefficient (Wildman–Crippen LogP) is 8.72. The number of allylic oxidation sites excluding steroid dienone is 7. The molecule has 0 bridgehead atoms. The van der Waals surface area contributed by atoms with Crippen molar-refractivity contribution in [2.75, 3.05) is 13.2 Å². The largest absolute Gasteiger partial charge is 0.462 e. The fourth-order valence-electron chi connectivity index (χ4n) is 4.33. The molecule has 2 N–H and O–H groups in total. The van der Waals surface area contributed by atoms with Crippen LogP contribution in [0.5, 0.6) is 0 Å². The number of rotatable bonds is 28. The third-order valence-electron chi connectivity index (χ3n) is 6.86. The standard InChI is InChI=1S/C36H62O6/c1-4-25-33(38)27-22-18-14-10-8-6-5-7-9-11-15-20-24-29-36(40)42-34(30-37)31-41-35(39)28-23-19-16-12-13-17-21-26-32(2)3/h5,7-8,10-11,15,18,22,32-34,37-38H,4,6,9,12-14,16-17,19-21,23-31H2,1-3H3/b7-5-,10-8-,15-11-,22-18-/t33?,34-/m0/s1. The molecular formula is C36H62O6. The molecule has 0 saturated carbocycles. The van der Waals surface area contributed by atoms with Gasteiger partial charge in [0.25, 0.3) is 0 Å². The Balaban J connectivity index is 3.76. The lowest BCUT2D eigenvalue weighted by Crippen LogP contribution is -2.28. The highest BCUT2D eigenvalue weighted by Crippen LogP contribution is 2.13. The van der Waals surface area contributed by atoms with Crippen LogP contribution in [-0.4, -0.2) is 47.6 Å². The van der Waals surface area contributed by atoms with Crippen LogP contribution in [0.2, 0.25) is 0 Å². The molecule has 0 aliphatic rings. The second-order valence-corrected chi connectivity index (χ2v) is 11.5. The van der Waals surface area contributed by atoms with Gasteiger partial charge in [0.2, 0.25) is 0 Å². The maximum Gasteiger partial charge on any atom is 0.306 e. The van der Waals surface area contributed by atoms with Crippen molar-refractivity contribution in [2.45, 2.75) is 149 Å². The van der Waals surface area contributed by atoms with Crippen LogP contribution in [0.15, 0.2) is 48.6 Å². The van der Waals surface area contributed by atoms with Gasteiger partial charge < -0.3 is 19.7 Å². The Morgan fingerprint density at radius 3 is 1.83 bits per heavy atom. The monoisotopic (exact) mass is 590 g/mol. The number of carbonyl (C=O) groups excluding carboxylic acids is 2. The van der Waals surface area contributed by atoms with Gasteiger partial charge in [-0.1, -0.05) is 121 Å². The molecular weight excluding hydrogens is 528 g/mol. The van der Waals surface area contributed by atoms with Crippen LogP contribution >= 0.6 is 0 Å². The molecule has 0 rings (SSSR count). The molecule has 0 aliphatic heterocycles. The van der Waals surface area contributed by atoms with Gasteiger partial charge in [0.05, 0.1) is 12.7 Å². The Labute approximate surface area is 257 Å². The SMILES string of the molecule is CCCC(O)C/C=C\C/C=C\C/C=C\C/C=C\CCCC(=O)O[C@@H](CO)COC(=O)CCCCCCCCCC(C)C. The highest BCUT2D eigenvalue weighted by Gasteiger charge is 2.15. The van der Waals surface area contributed by atoms with E-state index in [1.165, 1.54) is 32.1 Å². The summed E-state index contributed by atoms with van der Waals surface area (Å²) in [6.07, 6.45) is 32.4. The molecule has 0 saturated heterocycles. The fraction of sp³-hybridized carbons (Fsp3) is 0.722. The lowest BCUT2D eigenvalue weighted by atomic mass is 10.0. The van der Waals surface area contributed by atoms with Crippen molar-refractivity contribution in [3.63, 3.8) is 0 Å². The summed E-state index contributed by atoms with van der Waals surface area (Å²) in [5, 5.41) is 19.1. The van der Waals surface area contributed by atoms with Crippen molar-refractivity contribution >= 4 is 11.9 Å². The van der Waals surface area contributed by atoms with E-state index in [2.05, 4.69) is 63.3 Å². The van der Waals surface area contributed by atoms with E-state index in [0.717, 1.165) is 70.1 Å². The topological polar surface area (TPSA) is 93.1 Å². The molecule has 2 atom stereocenters. The third-order valence-corrected chi connectivity index (χ3v) is 6.86. The van der Waals surface area contributed by atoms with Crippen molar-refractivity contribution in [3.05, 3.63) is 48.6 Å². The second kappa shape index (κ2) is 30.3. The lowest BCUT2D eigenvalue weighted by Gasteiger charge is -2.15. The van der Waals surface area contributed by atoms with Gasteiger partial charge in [-0.2, -0.15) is 0 Å². The number of hydrogen-bond donors (Lipinski definition) is 2. The van der Waals surface area contributed by atoms with Crippen LogP contribution in [-0.2, 0) is 19.1 Å². The zero-order valence-corrected chi connectivity index (χ0v) is 27.0. The minimum atomic E-state index is -0.809. The normalized spacial score (nSPS) is 13.7. The number of ether oxygens (including phenoxy) is 2. The predicted molar refractivity (Wildman–Crippen MR) is 174 cm³/mol. The zero-order valence-electron chi connectivity index (χ0n) is 27.0. The quantitative estimate of drug-likeness (QED) is 0.0538. The first-order chi connectivity index (χ1) is 20.4. The number of aliphatic hydroxyl groups excluding tert-OH is 2. The van der Waals surface area contributed by atoms with E-state index in [0.29, 0.717) is 12.8 Å². The van der Waals surface area contributed by atoms with Gasteiger partial charge in [0, 0.05) is 12.8 Å². The molecule has 0 aliphatic carbocycles.